The van der Waals surface area contributed by atoms with Gasteiger partial charge in [-0.05, 0) is 25.7 Å². The maximum Gasteiger partial charge on any atom is 0.143 e. The first-order chi connectivity index (χ1) is 6.52. The van der Waals surface area contributed by atoms with Gasteiger partial charge in [-0.15, -0.1) is 0 Å². The molecule has 0 amide bonds. The van der Waals surface area contributed by atoms with Crippen LogP contribution in [0, 0.1) is 5.41 Å². The Kier molecular flexibility index (Phi) is 2.32. The summed E-state index contributed by atoms with van der Waals surface area (Å²) in [4.78, 5) is 5.71. The Morgan fingerprint density at radius 3 is 2.29 bits per heavy atom. The van der Waals surface area contributed by atoms with E-state index in [1.54, 1.807) is 0 Å². The quantitative estimate of drug-likeness (QED) is 0.579. The van der Waals surface area contributed by atoms with E-state index < -0.39 is 0 Å². The lowest BCUT2D eigenvalue weighted by molar-refractivity contribution is -0.0449. The average Bonchev–Trinajstić information content (AvgIpc) is 2.50. The summed E-state index contributed by atoms with van der Waals surface area (Å²) in [7, 11) is 0. The van der Waals surface area contributed by atoms with E-state index in [-0.39, 0.29) is 11.0 Å². The molecule has 2 aliphatic rings. The van der Waals surface area contributed by atoms with Gasteiger partial charge in [-0.2, -0.15) is 0 Å². The molecule has 0 radical (unpaired) electrons. The number of nitrogens with zero attached hydrogens (tertiary/aromatic N) is 1. The molecule has 80 valence electrons. The van der Waals surface area contributed by atoms with Gasteiger partial charge in [-0.25, -0.2) is 0 Å². The third-order valence-corrected chi connectivity index (χ3v) is 3.47. The summed E-state index contributed by atoms with van der Waals surface area (Å²) >= 11 is 0. The number of hydrogen-bond acceptors (Lipinski definition) is 2. The molecule has 2 rings (SSSR count). The number of oxime groups is 1. The second kappa shape index (κ2) is 3.25. The largest absolute Gasteiger partial charge is 0.389 e. The molecule has 1 aliphatic heterocycles. The highest BCUT2D eigenvalue weighted by atomic mass is 16.7. The van der Waals surface area contributed by atoms with E-state index in [0.29, 0.717) is 0 Å². The monoisotopic (exact) mass is 195 g/mol. The summed E-state index contributed by atoms with van der Waals surface area (Å²) in [6, 6.07) is 0. The molecule has 14 heavy (non-hydrogen) atoms. The summed E-state index contributed by atoms with van der Waals surface area (Å²) in [5.74, 6) is 0. The van der Waals surface area contributed by atoms with Crippen molar-refractivity contribution in [3.05, 3.63) is 0 Å². The molecule has 0 bridgehead atoms. The summed E-state index contributed by atoms with van der Waals surface area (Å²) in [6.07, 6.45) is 7.47. The Balaban J connectivity index is 2.03. The van der Waals surface area contributed by atoms with Crippen molar-refractivity contribution in [3.63, 3.8) is 0 Å². The first-order valence-electron chi connectivity index (χ1n) is 5.77. The van der Waals surface area contributed by atoms with Gasteiger partial charge in [0.1, 0.15) is 5.60 Å². The smallest absolute Gasteiger partial charge is 0.143 e. The van der Waals surface area contributed by atoms with E-state index in [9.17, 15) is 0 Å². The highest BCUT2D eigenvalue weighted by Gasteiger charge is 2.42. The van der Waals surface area contributed by atoms with Crippen molar-refractivity contribution < 1.29 is 4.84 Å². The first kappa shape index (κ1) is 10.0. The zero-order valence-corrected chi connectivity index (χ0v) is 9.60. The summed E-state index contributed by atoms with van der Waals surface area (Å²) in [5.41, 5.74) is 1.53. The minimum Gasteiger partial charge on any atom is -0.389 e. The highest BCUT2D eigenvalue weighted by Crippen LogP contribution is 2.41. The van der Waals surface area contributed by atoms with Crippen LogP contribution in [0.15, 0.2) is 5.16 Å². The van der Waals surface area contributed by atoms with Crippen molar-refractivity contribution in [1.29, 1.82) is 0 Å². The topological polar surface area (TPSA) is 21.6 Å². The van der Waals surface area contributed by atoms with Gasteiger partial charge in [0, 0.05) is 11.8 Å². The fourth-order valence-corrected chi connectivity index (χ4v) is 2.39. The molecule has 0 aromatic carbocycles. The van der Waals surface area contributed by atoms with Gasteiger partial charge >= 0.3 is 0 Å². The molecule has 1 aliphatic carbocycles. The van der Waals surface area contributed by atoms with E-state index >= 15 is 0 Å². The second-order valence-corrected chi connectivity index (χ2v) is 5.80. The molecule has 0 N–H and O–H groups in total. The van der Waals surface area contributed by atoms with Crippen LogP contribution in [0.3, 0.4) is 0 Å². The van der Waals surface area contributed by atoms with E-state index in [2.05, 4.69) is 25.9 Å². The maximum absolute atomic E-state index is 5.71. The SMILES string of the molecule is CC(C)(C)C1=NOC2(CCCCC2)C1. The van der Waals surface area contributed by atoms with Crippen molar-refractivity contribution in [2.24, 2.45) is 10.6 Å². The average molecular weight is 195 g/mol. The fourth-order valence-electron chi connectivity index (χ4n) is 2.39. The Bertz CT molecular complexity index is 244. The molecular weight excluding hydrogens is 174 g/mol. The van der Waals surface area contributed by atoms with Gasteiger partial charge in [0.05, 0.1) is 5.71 Å². The van der Waals surface area contributed by atoms with Gasteiger partial charge in [-0.1, -0.05) is 32.3 Å². The Labute approximate surface area is 86.7 Å². The minimum atomic E-state index is 0.0981. The van der Waals surface area contributed by atoms with Gasteiger partial charge in [-0.3, -0.25) is 0 Å². The van der Waals surface area contributed by atoms with Crippen LogP contribution in [0.5, 0.6) is 0 Å². The van der Waals surface area contributed by atoms with Gasteiger partial charge in [0.25, 0.3) is 0 Å². The maximum atomic E-state index is 5.71. The molecule has 1 saturated carbocycles. The lowest BCUT2D eigenvalue weighted by Crippen LogP contribution is -2.33. The lowest BCUT2D eigenvalue weighted by Gasteiger charge is -2.31. The fraction of sp³-hybridized carbons (Fsp3) is 0.917. The molecule has 0 aromatic rings. The Hall–Kier alpha value is -0.530. The van der Waals surface area contributed by atoms with Crippen molar-refractivity contribution in [2.45, 2.75) is 64.9 Å². The van der Waals surface area contributed by atoms with Crippen LogP contribution in [-0.2, 0) is 4.84 Å². The molecule has 1 heterocycles. The van der Waals surface area contributed by atoms with E-state index in [0.717, 1.165) is 6.42 Å². The van der Waals surface area contributed by atoms with E-state index in [1.165, 1.54) is 37.8 Å². The molecule has 0 atom stereocenters. The van der Waals surface area contributed by atoms with E-state index in [4.69, 9.17) is 4.84 Å². The first-order valence-corrected chi connectivity index (χ1v) is 5.77. The molecule has 0 unspecified atom stereocenters. The van der Waals surface area contributed by atoms with Crippen molar-refractivity contribution in [1.82, 2.24) is 0 Å². The molecule has 2 heteroatoms. The third kappa shape index (κ3) is 1.79. The van der Waals surface area contributed by atoms with Crippen LogP contribution in [0.25, 0.3) is 0 Å². The van der Waals surface area contributed by atoms with Crippen LogP contribution in [0.2, 0.25) is 0 Å². The van der Waals surface area contributed by atoms with Crippen LogP contribution in [0.1, 0.15) is 59.3 Å². The Morgan fingerprint density at radius 1 is 1.14 bits per heavy atom. The van der Waals surface area contributed by atoms with Crippen molar-refractivity contribution >= 4 is 5.71 Å². The van der Waals surface area contributed by atoms with Crippen LogP contribution >= 0.6 is 0 Å². The van der Waals surface area contributed by atoms with Gasteiger partial charge in [0.15, 0.2) is 0 Å². The number of hydrogen-bond donors (Lipinski definition) is 0. The lowest BCUT2D eigenvalue weighted by atomic mass is 9.77. The Morgan fingerprint density at radius 2 is 1.79 bits per heavy atom. The summed E-state index contributed by atoms with van der Waals surface area (Å²) in [5, 5.41) is 4.30. The van der Waals surface area contributed by atoms with Crippen LogP contribution < -0.4 is 0 Å². The van der Waals surface area contributed by atoms with Crippen molar-refractivity contribution in [2.75, 3.05) is 0 Å². The molecule has 1 spiro atoms. The van der Waals surface area contributed by atoms with Crippen LogP contribution in [0.4, 0.5) is 0 Å². The second-order valence-electron chi connectivity index (χ2n) is 5.80. The zero-order chi connectivity index (χ0) is 10.2. The summed E-state index contributed by atoms with van der Waals surface area (Å²) < 4.78 is 0. The van der Waals surface area contributed by atoms with Crippen LogP contribution in [-0.4, -0.2) is 11.3 Å². The molecule has 1 fully saturated rings. The standard InChI is InChI=1S/C12H21NO/c1-11(2,3)10-9-12(14-13-10)7-5-4-6-8-12/h4-9H2,1-3H3. The van der Waals surface area contributed by atoms with E-state index in [1.807, 2.05) is 0 Å². The normalized spacial score (nSPS) is 26.1. The highest BCUT2D eigenvalue weighted by molar-refractivity contribution is 5.90. The molecular formula is C12H21NO. The molecule has 0 aromatic heterocycles. The van der Waals surface area contributed by atoms with Gasteiger partial charge in [0.2, 0.25) is 0 Å². The minimum absolute atomic E-state index is 0.0981. The van der Waals surface area contributed by atoms with Crippen molar-refractivity contribution in [3.8, 4) is 0 Å². The molecule has 0 saturated heterocycles. The molecule has 2 nitrogen and oxygen atoms in total. The zero-order valence-electron chi connectivity index (χ0n) is 9.60. The predicted octanol–water partition coefficient (Wildman–Crippen LogP) is 3.51. The number of rotatable bonds is 0. The van der Waals surface area contributed by atoms with Gasteiger partial charge < -0.3 is 4.84 Å². The third-order valence-electron chi connectivity index (χ3n) is 3.47. The summed E-state index contributed by atoms with van der Waals surface area (Å²) in [6.45, 7) is 6.66. The predicted molar refractivity (Wildman–Crippen MR) is 58.4 cm³/mol.